The van der Waals surface area contributed by atoms with Gasteiger partial charge in [0.25, 0.3) is 0 Å². The van der Waals surface area contributed by atoms with Crippen molar-refractivity contribution in [2.45, 2.75) is 25.7 Å². The number of rotatable bonds is 11. The highest BCUT2D eigenvalue weighted by molar-refractivity contribution is 6.31. The zero-order chi connectivity index (χ0) is 29.9. The number of halogens is 2. The Morgan fingerprint density at radius 1 is 0.595 bits per heavy atom. The molecule has 0 unspecified atom stereocenters. The summed E-state index contributed by atoms with van der Waals surface area (Å²) in [6.07, 6.45) is 1.55. The van der Waals surface area contributed by atoms with Crippen LogP contribution >= 0.6 is 23.2 Å². The van der Waals surface area contributed by atoms with Crippen LogP contribution in [-0.2, 0) is 9.68 Å². The Morgan fingerprint density at radius 2 is 0.976 bits per heavy atom. The molecule has 8 nitrogen and oxygen atoms in total. The van der Waals surface area contributed by atoms with Gasteiger partial charge in [0.1, 0.15) is 11.5 Å². The molecular weight excluding hydrogens is 579 g/mol. The summed E-state index contributed by atoms with van der Waals surface area (Å²) in [7, 11) is 0. The molecule has 42 heavy (non-hydrogen) atoms. The summed E-state index contributed by atoms with van der Waals surface area (Å²) in [6.45, 7) is 0. The van der Waals surface area contributed by atoms with Gasteiger partial charge in [0, 0.05) is 21.2 Å². The smallest absolute Gasteiger partial charge is 0.365 e. The Kier molecular flexibility index (Phi) is 10.7. The Bertz CT molecular complexity index is 1490. The molecule has 214 valence electrons. The zero-order valence-electron chi connectivity index (χ0n) is 22.2. The van der Waals surface area contributed by atoms with Crippen molar-refractivity contribution in [2.24, 2.45) is 10.3 Å². The van der Waals surface area contributed by atoms with Crippen LogP contribution in [0.15, 0.2) is 107 Å². The van der Waals surface area contributed by atoms with E-state index >= 15 is 0 Å². The summed E-state index contributed by atoms with van der Waals surface area (Å²) >= 11 is 12.3. The van der Waals surface area contributed by atoms with Crippen molar-refractivity contribution in [2.75, 3.05) is 0 Å². The quantitative estimate of drug-likeness (QED) is 0.0780. The summed E-state index contributed by atoms with van der Waals surface area (Å²) in [6, 6.07) is 25.8. The Labute approximate surface area is 252 Å². The van der Waals surface area contributed by atoms with Gasteiger partial charge in [-0.2, -0.15) is 0 Å². The third-order valence-electron chi connectivity index (χ3n) is 6.11. The van der Waals surface area contributed by atoms with Crippen molar-refractivity contribution in [1.82, 2.24) is 0 Å². The second-order valence-electron chi connectivity index (χ2n) is 9.10. The third kappa shape index (κ3) is 8.42. The number of oxime groups is 2. The van der Waals surface area contributed by atoms with Crippen LogP contribution in [-0.4, -0.2) is 33.6 Å². The first-order valence-corrected chi connectivity index (χ1v) is 13.7. The SMILES string of the molecule is O=C(O/N=C(/CCCC/C(=N/OC(=O)c1ccccc1)c1cc(Cl)ccc1O)c1cc(Cl)ccc1O)c1ccccc1. The van der Waals surface area contributed by atoms with Crippen LogP contribution in [0.25, 0.3) is 0 Å². The van der Waals surface area contributed by atoms with Crippen LogP contribution in [0.4, 0.5) is 0 Å². The van der Waals surface area contributed by atoms with Crippen LogP contribution < -0.4 is 0 Å². The van der Waals surface area contributed by atoms with Crippen LogP contribution in [0, 0.1) is 0 Å². The van der Waals surface area contributed by atoms with Crippen LogP contribution in [0.1, 0.15) is 57.5 Å². The molecule has 0 aromatic heterocycles. The van der Waals surface area contributed by atoms with Gasteiger partial charge >= 0.3 is 11.9 Å². The van der Waals surface area contributed by atoms with Crippen molar-refractivity contribution in [3.63, 3.8) is 0 Å². The van der Waals surface area contributed by atoms with Crippen molar-refractivity contribution < 1.29 is 29.5 Å². The normalized spacial score (nSPS) is 11.7. The fourth-order valence-corrected chi connectivity index (χ4v) is 4.31. The molecule has 10 heteroatoms. The van der Waals surface area contributed by atoms with Gasteiger partial charge in [-0.05, 0) is 86.3 Å². The van der Waals surface area contributed by atoms with E-state index < -0.39 is 11.9 Å². The molecule has 0 atom stereocenters. The second kappa shape index (κ2) is 14.8. The van der Waals surface area contributed by atoms with E-state index in [1.807, 2.05) is 0 Å². The molecule has 0 aliphatic carbocycles. The molecule has 0 fully saturated rings. The second-order valence-corrected chi connectivity index (χ2v) is 9.97. The highest BCUT2D eigenvalue weighted by atomic mass is 35.5. The number of phenols is 2. The molecule has 0 spiro atoms. The monoisotopic (exact) mass is 604 g/mol. The van der Waals surface area contributed by atoms with Gasteiger partial charge < -0.3 is 19.9 Å². The van der Waals surface area contributed by atoms with E-state index in [-0.39, 0.29) is 24.3 Å². The highest BCUT2D eigenvalue weighted by Gasteiger charge is 2.16. The predicted octanol–water partition coefficient (Wildman–Crippen LogP) is 7.79. The Balaban J connectivity index is 1.51. The number of phenolic OH excluding ortho intramolecular Hbond substituents is 2. The maximum atomic E-state index is 12.5. The maximum Gasteiger partial charge on any atom is 0.365 e. The molecule has 0 heterocycles. The van der Waals surface area contributed by atoms with E-state index in [4.69, 9.17) is 32.9 Å². The zero-order valence-corrected chi connectivity index (χ0v) is 23.8. The van der Waals surface area contributed by atoms with Crippen molar-refractivity contribution >= 4 is 46.6 Å². The Morgan fingerprint density at radius 3 is 1.36 bits per heavy atom. The number of nitrogens with zero attached hydrogens (tertiary/aromatic N) is 2. The van der Waals surface area contributed by atoms with Crippen molar-refractivity contribution in [3.05, 3.63) is 129 Å². The van der Waals surface area contributed by atoms with E-state index in [9.17, 15) is 19.8 Å². The minimum absolute atomic E-state index is 0.0761. The van der Waals surface area contributed by atoms with E-state index in [0.717, 1.165) is 0 Å². The van der Waals surface area contributed by atoms with Crippen LogP contribution in [0.3, 0.4) is 0 Å². The lowest BCUT2D eigenvalue weighted by atomic mass is 9.99. The predicted molar refractivity (Wildman–Crippen MR) is 161 cm³/mol. The van der Waals surface area contributed by atoms with Gasteiger partial charge in [0.15, 0.2) is 0 Å². The summed E-state index contributed by atoms with van der Waals surface area (Å²) in [5, 5.41) is 29.8. The number of benzene rings is 4. The fourth-order valence-electron chi connectivity index (χ4n) is 3.97. The molecule has 4 rings (SSSR count). The van der Waals surface area contributed by atoms with Gasteiger partial charge in [-0.15, -0.1) is 0 Å². The van der Waals surface area contributed by atoms with Crippen molar-refractivity contribution in [1.29, 1.82) is 0 Å². The van der Waals surface area contributed by atoms with E-state index in [1.54, 1.807) is 60.7 Å². The largest absolute Gasteiger partial charge is 0.507 e. The fraction of sp³-hybridized carbons (Fsp3) is 0.125. The third-order valence-corrected chi connectivity index (χ3v) is 6.58. The molecule has 4 aromatic rings. The highest BCUT2D eigenvalue weighted by Crippen LogP contribution is 2.27. The molecular formula is C32H26Cl2N2O6. The van der Waals surface area contributed by atoms with Gasteiger partial charge in [0.05, 0.1) is 22.6 Å². The lowest BCUT2D eigenvalue weighted by Gasteiger charge is -2.11. The Hall–Kier alpha value is -4.66. The average molecular weight is 605 g/mol. The minimum Gasteiger partial charge on any atom is -0.507 e. The molecule has 0 aliphatic rings. The standard InChI is InChI=1S/C32H26Cl2N2O6/c33-23-15-17-29(37)25(19-23)27(35-41-31(39)21-9-3-1-4-10-21)13-7-8-14-28(26-20-24(34)16-18-30(26)38)36-42-32(40)22-11-5-2-6-12-22/h1-6,9-12,15-20,37-38H,7-8,13-14H2/b35-27-,36-28-. The summed E-state index contributed by atoms with van der Waals surface area (Å²) in [5.74, 6) is -1.46. The number of hydrogen-bond donors (Lipinski definition) is 2. The first-order valence-electron chi connectivity index (χ1n) is 13.0. The molecule has 4 aromatic carbocycles. The first kappa shape index (κ1) is 30.3. The van der Waals surface area contributed by atoms with Crippen LogP contribution in [0.5, 0.6) is 11.5 Å². The van der Waals surface area contributed by atoms with Gasteiger partial charge in [-0.3, -0.25) is 0 Å². The molecule has 0 saturated heterocycles. The maximum absolute atomic E-state index is 12.5. The minimum atomic E-state index is -0.652. The number of hydrogen-bond acceptors (Lipinski definition) is 8. The summed E-state index contributed by atoms with van der Waals surface area (Å²) in [5.41, 5.74) is 1.90. The molecule has 2 N–H and O–H groups in total. The van der Waals surface area contributed by atoms with Gasteiger partial charge in [0.2, 0.25) is 0 Å². The number of carbonyl (C=O) groups is 2. The molecule has 0 saturated carbocycles. The number of aromatic hydroxyl groups is 2. The van der Waals surface area contributed by atoms with E-state index in [0.29, 0.717) is 56.6 Å². The number of unbranched alkanes of at least 4 members (excludes halogenated alkanes) is 1. The van der Waals surface area contributed by atoms with Gasteiger partial charge in [-0.25, -0.2) is 9.59 Å². The molecule has 0 amide bonds. The van der Waals surface area contributed by atoms with E-state index in [1.165, 1.54) is 36.4 Å². The topological polar surface area (TPSA) is 118 Å². The lowest BCUT2D eigenvalue weighted by Crippen LogP contribution is -2.09. The van der Waals surface area contributed by atoms with E-state index in [2.05, 4.69) is 10.3 Å². The average Bonchev–Trinajstić information content (AvgIpc) is 3.01. The molecule has 0 aliphatic heterocycles. The summed E-state index contributed by atoms with van der Waals surface area (Å²) in [4.78, 5) is 35.4. The van der Waals surface area contributed by atoms with Crippen molar-refractivity contribution in [3.8, 4) is 11.5 Å². The first-order chi connectivity index (χ1) is 20.3. The lowest BCUT2D eigenvalue weighted by molar-refractivity contribution is 0.0506. The molecule has 0 bridgehead atoms. The number of carbonyl (C=O) groups excluding carboxylic acids is 2. The van der Waals surface area contributed by atoms with Crippen LogP contribution in [0.2, 0.25) is 10.0 Å². The summed E-state index contributed by atoms with van der Waals surface area (Å²) < 4.78 is 0. The van der Waals surface area contributed by atoms with Gasteiger partial charge in [-0.1, -0.05) is 69.9 Å². The molecule has 0 radical (unpaired) electrons.